The number of halogens is 1. The number of hydrogen-bond donors (Lipinski definition) is 0. The van der Waals surface area contributed by atoms with Gasteiger partial charge in [-0.3, -0.25) is 9.69 Å². The Balaban J connectivity index is 1.97. The zero-order valence-electron chi connectivity index (χ0n) is 11.7. The van der Waals surface area contributed by atoms with E-state index in [1.165, 1.54) is 0 Å². The first-order valence-electron chi connectivity index (χ1n) is 6.55. The molecule has 0 fully saturated rings. The van der Waals surface area contributed by atoms with E-state index in [1.807, 2.05) is 42.3 Å². The van der Waals surface area contributed by atoms with Crippen LogP contribution in [0.25, 0.3) is 0 Å². The molecule has 0 amide bonds. The molecule has 0 saturated heterocycles. The first-order chi connectivity index (χ1) is 10.1. The lowest BCUT2D eigenvalue weighted by atomic mass is 10.1. The van der Waals surface area contributed by atoms with Crippen molar-refractivity contribution in [3.8, 4) is 6.07 Å². The van der Waals surface area contributed by atoms with Gasteiger partial charge < -0.3 is 0 Å². The van der Waals surface area contributed by atoms with Gasteiger partial charge in [0.15, 0.2) is 5.78 Å². The number of nitrogens with zero attached hydrogens (tertiary/aromatic N) is 2. The number of rotatable bonds is 5. The lowest BCUT2D eigenvalue weighted by Crippen LogP contribution is -2.25. The summed E-state index contributed by atoms with van der Waals surface area (Å²) >= 11 is 3.44. The molecule has 0 saturated carbocycles. The predicted molar refractivity (Wildman–Crippen MR) is 86.0 cm³/mol. The maximum atomic E-state index is 12.2. The molecule has 0 bridgehead atoms. The molecular weight excluding hydrogens is 328 g/mol. The summed E-state index contributed by atoms with van der Waals surface area (Å²) in [6.07, 6.45) is 0. The number of benzene rings is 2. The topological polar surface area (TPSA) is 44.1 Å². The van der Waals surface area contributed by atoms with Crippen LogP contribution < -0.4 is 0 Å². The van der Waals surface area contributed by atoms with E-state index < -0.39 is 0 Å². The second kappa shape index (κ2) is 7.16. The summed E-state index contributed by atoms with van der Waals surface area (Å²) in [5.41, 5.74) is 2.35. The Hall–Kier alpha value is -1.96. The Morgan fingerprint density at radius 3 is 2.57 bits per heavy atom. The Bertz CT molecular complexity index is 674. The van der Waals surface area contributed by atoms with Crippen molar-refractivity contribution < 1.29 is 4.79 Å². The molecule has 0 spiro atoms. The van der Waals surface area contributed by atoms with Crippen LogP contribution in [-0.2, 0) is 6.54 Å². The Labute approximate surface area is 132 Å². The van der Waals surface area contributed by atoms with Crippen LogP contribution in [0.15, 0.2) is 53.0 Å². The third-order valence-corrected chi connectivity index (χ3v) is 3.58. The first-order valence-corrected chi connectivity index (χ1v) is 7.34. The fourth-order valence-corrected chi connectivity index (χ4v) is 2.52. The number of Topliss-reactive ketones (excluding diaryl/α,β-unsaturated/α-hetero) is 1. The zero-order valence-corrected chi connectivity index (χ0v) is 13.3. The van der Waals surface area contributed by atoms with Crippen LogP contribution in [0.4, 0.5) is 0 Å². The molecule has 0 N–H and O–H groups in total. The van der Waals surface area contributed by atoms with Crippen LogP contribution in [0.1, 0.15) is 21.5 Å². The zero-order chi connectivity index (χ0) is 15.2. The second-order valence-corrected chi connectivity index (χ2v) is 5.83. The quantitative estimate of drug-likeness (QED) is 0.779. The molecule has 4 heteroatoms. The maximum Gasteiger partial charge on any atom is 0.176 e. The van der Waals surface area contributed by atoms with E-state index in [1.54, 1.807) is 24.3 Å². The standard InChI is InChI=1S/C17H15BrN2O/c1-20(11-14-3-2-4-16(18)9-14)12-17(21)15-7-5-13(10-19)6-8-15/h2-9H,11-12H2,1H3. The van der Waals surface area contributed by atoms with Gasteiger partial charge in [0.1, 0.15) is 0 Å². The largest absolute Gasteiger partial charge is 0.295 e. The molecule has 0 aromatic heterocycles. The molecule has 0 unspecified atom stereocenters. The average molecular weight is 343 g/mol. The highest BCUT2D eigenvalue weighted by molar-refractivity contribution is 9.10. The number of likely N-dealkylation sites (N-methyl/N-ethyl adjacent to an activating group) is 1. The Morgan fingerprint density at radius 2 is 1.95 bits per heavy atom. The van der Waals surface area contributed by atoms with Gasteiger partial charge in [-0.25, -0.2) is 0 Å². The van der Waals surface area contributed by atoms with Gasteiger partial charge in [-0.2, -0.15) is 5.26 Å². The SMILES string of the molecule is CN(CC(=O)c1ccc(C#N)cc1)Cc1cccc(Br)c1. The third-order valence-electron chi connectivity index (χ3n) is 3.09. The molecule has 0 aliphatic rings. The highest BCUT2D eigenvalue weighted by Crippen LogP contribution is 2.13. The summed E-state index contributed by atoms with van der Waals surface area (Å²) in [6, 6.07) is 16.8. The summed E-state index contributed by atoms with van der Waals surface area (Å²) in [6.45, 7) is 1.06. The van der Waals surface area contributed by atoms with Crippen molar-refractivity contribution in [1.82, 2.24) is 4.90 Å². The van der Waals surface area contributed by atoms with Gasteiger partial charge in [0.2, 0.25) is 0 Å². The Morgan fingerprint density at radius 1 is 1.24 bits per heavy atom. The predicted octanol–water partition coefficient (Wildman–Crippen LogP) is 3.64. The minimum absolute atomic E-state index is 0.0528. The molecular formula is C17H15BrN2O. The summed E-state index contributed by atoms with van der Waals surface area (Å²) in [5, 5.41) is 8.75. The van der Waals surface area contributed by atoms with Crippen LogP contribution in [0.3, 0.4) is 0 Å². The monoisotopic (exact) mass is 342 g/mol. The number of carbonyl (C=O) groups is 1. The lowest BCUT2D eigenvalue weighted by molar-refractivity contribution is 0.0943. The second-order valence-electron chi connectivity index (χ2n) is 4.91. The molecule has 3 nitrogen and oxygen atoms in total. The van der Waals surface area contributed by atoms with Gasteiger partial charge in [0.25, 0.3) is 0 Å². The summed E-state index contributed by atoms with van der Waals surface area (Å²) < 4.78 is 1.03. The van der Waals surface area contributed by atoms with E-state index in [0.717, 1.165) is 10.0 Å². The van der Waals surface area contributed by atoms with Crippen LogP contribution >= 0.6 is 15.9 Å². The number of carbonyl (C=O) groups excluding carboxylic acids is 1. The van der Waals surface area contributed by atoms with Gasteiger partial charge >= 0.3 is 0 Å². The van der Waals surface area contributed by atoms with Gasteiger partial charge in [-0.1, -0.05) is 40.2 Å². The highest BCUT2D eigenvalue weighted by atomic mass is 79.9. The van der Waals surface area contributed by atoms with Crippen molar-refractivity contribution in [1.29, 1.82) is 5.26 Å². The van der Waals surface area contributed by atoms with E-state index in [-0.39, 0.29) is 5.78 Å². The summed E-state index contributed by atoms with van der Waals surface area (Å²) in [4.78, 5) is 14.2. The normalized spacial score (nSPS) is 10.4. The van der Waals surface area contributed by atoms with Gasteiger partial charge in [-0.05, 0) is 36.9 Å². The van der Waals surface area contributed by atoms with Crippen molar-refractivity contribution in [2.75, 3.05) is 13.6 Å². The van der Waals surface area contributed by atoms with Gasteiger partial charge in [-0.15, -0.1) is 0 Å². The van der Waals surface area contributed by atoms with Crippen molar-refractivity contribution in [3.05, 3.63) is 69.7 Å². The molecule has 21 heavy (non-hydrogen) atoms. The molecule has 0 radical (unpaired) electrons. The number of nitriles is 1. The van der Waals surface area contributed by atoms with E-state index >= 15 is 0 Å². The van der Waals surface area contributed by atoms with Crippen LogP contribution in [0.2, 0.25) is 0 Å². The third kappa shape index (κ3) is 4.52. The fourth-order valence-electron chi connectivity index (χ4n) is 2.07. The van der Waals surface area contributed by atoms with Crippen molar-refractivity contribution in [2.45, 2.75) is 6.54 Å². The molecule has 0 aliphatic carbocycles. The van der Waals surface area contributed by atoms with Gasteiger partial charge in [0.05, 0.1) is 18.2 Å². The van der Waals surface area contributed by atoms with E-state index in [2.05, 4.69) is 15.9 Å². The van der Waals surface area contributed by atoms with E-state index in [9.17, 15) is 4.79 Å². The van der Waals surface area contributed by atoms with Crippen LogP contribution in [-0.4, -0.2) is 24.3 Å². The van der Waals surface area contributed by atoms with E-state index in [4.69, 9.17) is 5.26 Å². The molecule has 2 rings (SSSR count). The number of hydrogen-bond acceptors (Lipinski definition) is 3. The maximum absolute atomic E-state index is 12.2. The fraction of sp³-hybridized carbons (Fsp3) is 0.176. The summed E-state index contributed by atoms with van der Waals surface area (Å²) in [7, 11) is 1.92. The average Bonchev–Trinajstić information content (AvgIpc) is 2.47. The van der Waals surface area contributed by atoms with Crippen LogP contribution in [0.5, 0.6) is 0 Å². The first kappa shape index (κ1) is 15.4. The molecule has 2 aromatic carbocycles. The highest BCUT2D eigenvalue weighted by Gasteiger charge is 2.10. The molecule has 0 atom stereocenters. The minimum atomic E-state index is 0.0528. The smallest absolute Gasteiger partial charge is 0.176 e. The lowest BCUT2D eigenvalue weighted by Gasteiger charge is -2.16. The van der Waals surface area contributed by atoms with Crippen LogP contribution in [0, 0.1) is 11.3 Å². The minimum Gasteiger partial charge on any atom is -0.295 e. The van der Waals surface area contributed by atoms with Crippen molar-refractivity contribution >= 4 is 21.7 Å². The summed E-state index contributed by atoms with van der Waals surface area (Å²) in [5.74, 6) is 0.0528. The molecule has 0 aliphatic heterocycles. The molecule has 2 aromatic rings. The Kier molecular flexibility index (Phi) is 5.26. The molecule has 106 valence electrons. The van der Waals surface area contributed by atoms with Gasteiger partial charge in [0, 0.05) is 16.6 Å². The van der Waals surface area contributed by atoms with Crippen molar-refractivity contribution in [2.24, 2.45) is 0 Å². The van der Waals surface area contributed by atoms with Crippen molar-refractivity contribution in [3.63, 3.8) is 0 Å². The number of ketones is 1. The molecule has 0 heterocycles. The van der Waals surface area contributed by atoms with E-state index in [0.29, 0.717) is 24.2 Å².